The number of hydrogen-bond donors (Lipinski definition) is 0. The molecule has 0 atom stereocenters. The second-order valence-corrected chi connectivity index (χ2v) is 8.29. The van der Waals surface area contributed by atoms with Crippen LogP contribution in [0.5, 0.6) is 23.0 Å². The maximum absolute atomic E-state index is 5.72. The Bertz CT molecular complexity index is 1280. The van der Waals surface area contributed by atoms with Crippen LogP contribution in [0.2, 0.25) is 0 Å². The molecule has 34 heavy (non-hydrogen) atoms. The summed E-state index contributed by atoms with van der Waals surface area (Å²) < 4.78 is 30.0. The number of aryl methyl sites for hydroxylation is 1. The Balaban J connectivity index is 1.66. The number of hydrogen-bond acceptors (Lipinski definition) is 6. The lowest BCUT2D eigenvalue weighted by atomic mass is 10.0. The fourth-order valence-corrected chi connectivity index (χ4v) is 4.80. The van der Waals surface area contributed by atoms with E-state index in [-0.39, 0.29) is 0 Å². The monoisotopic (exact) mass is 460 g/mol. The molecule has 4 aromatic rings. The second-order valence-electron chi connectivity index (χ2n) is 8.29. The van der Waals surface area contributed by atoms with Crippen LogP contribution in [0.15, 0.2) is 53.3 Å². The van der Waals surface area contributed by atoms with E-state index in [9.17, 15) is 0 Å². The quantitative estimate of drug-likeness (QED) is 0.369. The SMILES string of the molecule is COc1ccc(-c2c3c(cn2Cc2cc(OC)c(OC)c(OC)c2)-c2oncc2CCC3)cc1. The summed E-state index contributed by atoms with van der Waals surface area (Å²) in [6, 6.07) is 12.2. The fourth-order valence-electron chi connectivity index (χ4n) is 4.80. The minimum absolute atomic E-state index is 0.582. The van der Waals surface area contributed by atoms with Crippen LogP contribution in [0, 0.1) is 0 Å². The Labute approximate surface area is 198 Å². The van der Waals surface area contributed by atoms with Gasteiger partial charge in [0.05, 0.1) is 40.3 Å². The summed E-state index contributed by atoms with van der Waals surface area (Å²) in [5, 5.41) is 4.08. The first-order chi connectivity index (χ1) is 16.7. The van der Waals surface area contributed by atoms with Gasteiger partial charge in [-0.05, 0) is 72.4 Å². The summed E-state index contributed by atoms with van der Waals surface area (Å²) in [6.45, 7) is 0.620. The van der Waals surface area contributed by atoms with E-state index >= 15 is 0 Å². The van der Waals surface area contributed by atoms with Crippen LogP contribution in [0.3, 0.4) is 0 Å². The van der Waals surface area contributed by atoms with Gasteiger partial charge in [0, 0.05) is 23.9 Å². The number of fused-ring (bicyclic) bond motifs is 3. The van der Waals surface area contributed by atoms with E-state index in [0.717, 1.165) is 58.7 Å². The minimum Gasteiger partial charge on any atom is -0.497 e. The largest absolute Gasteiger partial charge is 0.497 e. The average molecular weight is 461 g/mol. The lowest BCUT2D eigenvalue weighted by molar-refractivity contribution is 0.323. The summed E-state index contributed by atoms with van der Waals surface area (Å²) >= 11 is 0. The third kappa shape index (κ3) is 3.77. The van der Waals surface area contributed by atoms with E-state index in [2.05, 4.69) is 28.1 Å². The molecule has 2 aromatic carbocycles. The number of aromatic nitrogens is 2. The molecule has 0 unspecified atom stereocenters. The molecule has 7 heteroatoms. The van der Waals surface area contributed by atoms with Gasteiger partial charge >= 0.3 is 0 Å². The highest BCUT2D eigenvalue weighted by Gasteiger charge is 2.26. The Morgan fingerprint density at radius 3 is 2.29 bits per heavy atom. The van der Waals surface area contributed by atoms with Crippen molar-refractivity contribution >= 4 is 0 Å². The van der Waals surface area contributed by atoms with Crippen LogP contribution in [0.25, 0.3) is 22.6 Å². The van der Waals surface area contributed by atoms with Crippen molar-refractivity contribution in [3.8, 4) is 45.6 Å². The predicted molar refractivity (Wildman–Crippen MR) is 129 cm³/mol. The molecule has 2 heterocycles. The van der Waals surface area contributed by atoms with E-state index in [0.29, 0.717) is 23.8 Å². The topological polar surface area (TPSA) is 67.9 Å². The zero-order valence-corrected chi connectivity index (χ0v) is 19.9. The number of methoxy groups -OCH3 is 4. The van der Waals surface area contributed by atoms with Crippen LogP contribution >= 0.6 is 0 Å². The van der Waals surface area contributed by atoms with Crippen LogP contribution in [0.4, 0.5) is 0 Å². The Hall–Kier alpha value is -3.87. The third-order valence-corrected chi connectivity index (χ3v) is 6.39. The number of ether oxygens (including phenoxy) is 4. The van der Waals surface area contributed by atoms with Crippen molar-refractivity contribution in [3.63, 3.8) is 0 Å². The first-order valence-electron chi connectivity index (χ1n) is 11.3. The van der Waals surface area contributed by atoms with E-state index in [1.165, 1.54) is 5.56 Å². The predicted octanol–water partition coefficient (Wildman–Crippen LogP) is 5.38. The molecule has 0 N–H and O–H groups in total. The normalized spacial score (nSPS) is 12.5. The van der Waals surface area contributed by atoms with Crippen molar-refractivity contribution < 1.29 is 23.5 Å². The fraction of sp³-hybridized carbons (Fsp3) is 0.296. The highest BCUT2D eigenvalue weighted by Crippen LogP contribution is 2.42. The maximum Gasteiger partial charge on any atom is 0.203 e. The molecule has 0 spiro atoms. The Morgan fingerprint density at radius 1 is 0.912 bits per heavy atom. The van der Waals surface area contributed by atoms with Crippen molar-refractivity contribution in [1.82, 2.24) is 9.72 Å². The number of nitrogens with zero attached hydrogens (tertiary/aromatic N) is 2. The van der Waals surface area contributed by atoms with E-state index in [1.807, 2.05) is 30.5 Å². The first kappa shape index (κ1) is 21.9. The zero-order valence-electron chi connectivity index (χ0n) is 19.9. The van der Waals surface area contributed by atoms with Crippen molar-refractivity contribution in [2.75, 3.05) is 28.4 Å². The van der Waals surface area contributed by atoms with Gasteiger partial charge < -0.3 is 28.0 Å². The van der Waals surface area contributed by atoms with Crippen LogP contribution in [-0.2, 0) is 19.4 Å². The molecular formula is C27H28N2O5. The van der Waals surface area contributed by atoms with Crippen molar-refractivity contribution in [2.45, 2.75) is 25.8 Å². The lowest BCUT2D eigenvalue weighted by Gasteiger charge is -2.16. The molecule has 1 aliphatic carbocycles. The molecule has 2 aromatic heterocycles. The summed E-state index contributed by atoms with van der Waals surface area (Å²) in [5.74, 6) is 3.54. The Kier molecular flexibility index (Phi) is 5.92. The molecule has 0 saturated carbocycles. The van der Waals surface area contributed by atoms with E-state index < -0.39 is 0 Å². The molecule has 0 aliphatic heterocycles. The molecule has 0 bridgehead atoms. The summed E-state index contributed by atoms with van der Waals surface area (Å²) in [6.07, 6.45) is 6.98. The molecule has 0 radical (unpaired) electrons. The lowest BCUT2D eigenvalue weighted by Crippen LogP contribution is -2.04. The zero-order chi connectivity index (χ0) is 23.7. The molecule has 176 valence electrons. The van der Waals surface area contributed by atoms with Gasteiger partial charge in [0.15, 0.2) is 17.3 Å². The van der Waals surface area contributed by atoms with Gasteiger partial charge in [-0.15, -0.1) is 0 Å². The summed E-state index contributed by atoms with van der Waals surface area (Å²) in [5.41, 5.74) is 6.85. The number of benzene rings is 2. The van der Waals surface area contributed by atoms with E-state index in [1.54, 1.807) is 28.4 Å². The van der Waals surface area contributed by atoms with Gasteiger partial charge in [0.2, 0.25) is 5.75 Å². The molecular weight excluding hydrogens is 432 g/mol. The van der Waals surface area contributed by atoms with Crippen LogP contribution < -0.4 is 18.9 Å². The summed E-state index contributed by atoms with van der Waals surface area (Å²) in [4.78, 5) is 0. The second kappa shape index (κ2) is 9.17. The van der Waals surface area contributed by atoms with Crippen molar-refractivity contribution in [2.24, 2.45) is 0 Å². The average Bonchev–Trinajstić information content (AvgIpc) is 3.44. The third-order valence-electron chi connectivity index (χ3n) is 6.39. The van der Waals surface area contributed by atoms with E-state index in [4.69, 9.17) is 23.5 Å². The van der Waals surface area contributed by atoms with Crippen LogP contribution in [-0.4, -0.2) is 38.2 Å². The van der Waals surface area contributed by atoms with Gasteiger partial charge in [-0.25, -0.2) is 0 Å². The van der Waals surface area contributed by atoms with Gasteiger partial charge in [0.25, 0.3) is 0 Å². The minimum atomic E-state index is 0.582. The smallest absolute Gasteiger partial charge is 0.203 e. The Morgan fingerprint density at radius 2 is 1.65 bits per heavy atom. The summed E-state index contributed by atoms with van der Waals surface area (Å²) in [7, 11) is 6.56. The van der Waals surface area contributed by atoms with Crippen LogP contribution in [0.1, 0.15) is 23.1 Å². The van der Waals surface area contributed by atoms with Gasteiger partial charge in [-0.2, -0.15) is 0 Å². The van der Waals surface area contributed by atoms with Crippen molar-refractivity contribution in [1.29, 1.82) is 0 Å². The van der Waals surface area contributed by atoms with Gasteiger partial charge in [0.1, 0.15) is 5.75 Å². The molecule has 0 amide bonds. The highest BCUT2D eigenvalue weighted by atomic mass is 16.5. The standard InChI is InChI=1S/C27H28N2O5/c1-30-20-10-8-18(9-11-20)25-21-7-5-6-19-14-28-34-26(19)22(21)16-29(25)15-17-12-23(31-2)27(33-4)24(13-17)32-3/h8-14,16H,5-7,15H2,1-4H3. The molecule has 0 fully saturated rings. The highest BCUT2D eigenvalue weighted by molar-refractivity contribution is 5.78. The first-order valence-corrected chi connectivity index (χ1v) is 11.3. The molecule has 7 nitrogen and oxygen atoms in total. The maximum atomic E-state index is 5.72. The molecule has 5 rings (SSSR count). The number of rotatable bonds is 7. The molecule has 0 saturated heterocycles. The van der Waals surface area contributed by atoms with Gasteiger partial charge in [-0.1, -0.05) is 5.16 Å². The molecule has 1 aliphatic rings. The van der Waals surface area contributed by atoms with Gasteiger partial charge in [-0.3, -0.25) is 0 Å². The van der Waals surface area contributed by atoms with Crippen molar-refractivity contribution in [3.05, 3.63) is 65.5 Å².